The molecule has 0 bridgehead atoms. The number of alkyl halides is 3. The maximum Gasteiger partial charge on any atom is 0.416 e. The van der Waals surface area contributed by atoms with Gasteiger partial charge in [-0.15, -0.1) is 0 Å². The molecule has 0 spiro atoms. The van der Waals surface area contributed by atoms with Gasteiger partial charge in [0.2, 0.25) is 0 Å². The number of piperidine rings is 1. The Hall–Kier alpha value is -2.87. The van der Waals surface area contributed by atoms with E-state index < -0.39 is 23.6 Å². The van der Waals surface area contributed by atoms with Gasteiger partial charge in [-0.2, -0.15) is 13.2 Å². The topological polar surface area (TPSA) is 61.4 Å². The monoisotopic (exact) mass is 433 g/mol. The largest absolute Gasteiger partial charge is 0.416 e. The van der Waals surface area contributed by atoms with Gasteiger partial charge in [0.1, 0.15) is 0 Å². The number of carbonyl (C=O) groups is 2. The van der Waals surface area contributed by atoms with Crippen LogP contribution in [0.15, 0.2) is 54.6 Å². The molecule has 5 nitrogen and oxygen atoms in total. The molecular formula is C23H26F3N3O2. The zero-order valence-electron chi connectivity index (χ0n) is 17.1. The van der Waals surface area contributed by atoms with E-state index in [0.717, 1.165) is 63.2 Å². The highest BCUT2D eigenvalue weighted by atomic mass is 19.4. The number of benzene rings is 2. The van der Waals surface area contributed by atoms with E-state index >= 15 is 0 Å². The standard InChI is InChI=1S/C23H26F3N3O2/c24-23(25,26)19-6-8-20(9-7-19)28-22(31)21(30)27-16-18-11-14-29(15-12-18)13-10-17-4-2-1-3-5-17/h1-9,18H,10-16H2,(H,27,30)(H,28,31). The van der Waals surface area contributed by atoms with Crippen LogP contribution in [0.3, 0.4) is 0 Å². The zero-order chi connectivity index (χ0) is 22.3. The van der Waals surface area contributed by atoms with Gasteiger partial charge in [0.15, 0.2) is 0 Å². The van der Waals surface area contributed by atoms with E-state index in [4.69, 9.17) is 0 Å². The molecule has 1 aliphatic heterocycles. The lowest BCUT2D eigenvalue weighted by atomic mass is 9.96. The van der Waals surface area contributed by atoms with Crippen LogP contribution in [0.25, 0.3) is 0 Å². The van der Waals surface area contributed by atoms with Crippen LogP contribution in [0, 0.1) is 5.92 Å². The third-order valence-corrected chi connectivity index (χ3v) is 5.49. The van der Waals surface area contributed by atoms with Gasteiger partial charge in [0.25, 0.3) is 0 Å². The van der Waals surface area contributed by atoms with Crippen LogP contribution < -0.4 is 10.6 Å². The zero-order valence-corrected chi connectivity index (χ0v) is 17.1. The molecule has 0 saturated carbocycles. The van der Waals surface area contributed by atoms with Gasteiger partial charge < -0.3 is 15.5 Å². The molecule has 0 atom stereocenters. The number of likely N-dealkylation sites (tertiary alicyclic amines) is 1. The molecule has 2 N–H and O–H groups in total. The first-order valence-electron chi connectivity index (χ1n) is 10.3. The van der Waals surface area contributed by atoms with Crippen LogP contribution in [-0.2, 0) is 22.2 Å². The average molecular weight is 433 g/mol. The highest BCUT2D eigenvalue weighted by molar-refractivity contribution is 6.39. The Bertz CT molecular complexity index is 862. The number of hydrogen-bond donors (Lipinski definition) is 2. The van der Waals surface area contributed by atoms with Gasteiger partial charge in [0, 0.05) is 18.8 Å². The fourth-order valence-corrected chi connectivity index (χ4v) is 3.59. The van der Waals surface area contributed by atoms with Crippen molar-refractivity contribution in [2.24, 2.45) is 5.92 Å². The molecule has 0 aliphatic carbocycles. The smallest absolute Gasteiger partial charge is 0.348 e. The second-order valence-corrected chi connectivity index (χ2v) is 7.76. The van der Waals surface area contributed by atoms with Crippen molar-refractivity contribution in [3.8, 4) is 0 Å². The summed E-state index contributed by atoms with van der Waals surface area (Å²) in [6.07, 6.45) is -1.56. The maximum absolute atomic E-state index is 12.6. The second kappa shape index (κ2) is 10.4. The number of hydrogen-bond acceptors (Lipinski definition) is 3. The second-order valence-electron chi connectivity index (χ2n) is 7.76. The third-order valence-electron chi connectivity index (χ3n) is 5.49. The fourth-order valence-electron chi connectivity index (χ4n) is 3.59. The Morgan fingerprint density at radius 1 is 0.935 bits per heavy atom. The first-order valence-corrected chi connectivity index (χ1v) is 10.3. The molecule has 8 heteroatoms. The van der Waals surface area contributed by atoms with E-state index in [9.17, 15) is 22.8 Å². The van der Waals surface area contributed by atoms with Crippen LogP contribution in [0.2, 0.25) is 0 Å². The number of nitrogens with one attached hydrogen (secondary N) is 2. The van der Waals surface area contributed by atoms with E-state index in [2.05, 4.69) is 27.7 Å². The minimum absolute atomic E-state index is 0.139. The van der Waals surface area contributed by atoms with E-state index in [1.54, 1.807) is 0 Å². The molecule has 3 rings (SSSR count). The highest BCUT2D eigenvalue weighted by Gasteiger charge is 2.30. The lowest BCUT2D eigenvalue weighted by molar-refractivity contribution is -0.137. The van der Waals surface area contributed by atoms with Crippen molar-refractivity contribution in [3.63, 3.8) is 0 Å². The van der Waals surface area contributed by atoms with Crippen LogP contribution in [-0.4, -0.2) is 42.9 Å². The predicted molar refractivity (Wildman–Crippen MR) is 112 cm³/mol. The summed E-state index contributed by atoms with van der Waals surface area (Å²) in [5.74, 6) is -1.37. The van der Waals surface area contributed by atoms with Crippen molar-refractivity contribution in [1.29, 1.82) is 0 Å². The number of halogens is 3. The lowest BCUT2D eigenvalue weighted by Gasteiger charge is -2.32. The molecule has 0 unspecified atom stereocenters. The van der Waals surface area contributed by atoms with Gasteiger partial charge in [0.05, 0.1) is 5.56 Å². The Morgan fingerprint density at radius 2 is 1.58 bits per heavy atom. The summed E-state index contributed by atoms with van der Waals surface area (Å²) in [6.45, 7) is 3.31. The predicted octanol–water partition coefficient (Wildman–Crippen LogP) is 3.71. The maximum atomic E-state index is 12.6. The van der Waals surface area contributed by atoms with Crippen molar-refractivity contribution in [2.45, 2.75) is 25.4 Å². The number of rotatable bonds is 6. The molecule has 1 fully saturated rings. The normalized spacial score (nSPS) is 15.5. The summed E-state index contributed by atoms with van der Waals surface area (Å²) in [5.41, 5.74) is 0.640. The van der Waals surface area contributed by atoms with Gasteiger partial charge in [-0.05, 0) is 68.1 Å². The number of amides is 2. The first kappa shape index (κ1) is 22.8. The summed E-state index contributed by atoms with van der Waals surface area (Å²) in [4.78, 5) is 26.4. The minimum Gasteiger partial charge on any atom is -0.348 e. The molecule has 0 radical (unpaired) electrons. The summed E-state index contributed by atoms with van der Waals surface area (Å²) in [5, 5.41) is 4.95. The van der Waals surface area contributed by atoms with Gasteiger partial charge in [-0.25, -0.2) is 0 Å². The molecule has 1 aliphatic rings. The number of nitrogens with zero attached hydrogens (tertiary/aromatic N) is 1. The molecule has 31 heavy (non-hydrogen) atoms. The van der Waals surface area contributed by atoms with Crippen LogP contribution in [0.1, 0.15) is 24.0 Å². The van der Waals surface area contributed by atoms with E-state index in [1.807, 2.05) is 18.2 Å². The minimum atomic E-state index is -4.45. The Balaban J connectivity index is 1.35. The van der Waals surface area contributed by atoms with Crippen LogP contribution in [0.5, 0.6) is 0 Å². The van der Waals surface area contributed by atoms with E-state index in [0.29, 0.717) is 12.5 Å². The molecule has 0 aromatic heterocycles. The highest BCUT2D eigenvalue weighted by Crippen LogP contribution is 2.29. The third kappa shape index (κ3) is 7.10. The summed E-state index contributed by atoms with van der Waals surface area (Å²) in [6, 6.07) is 14.3. The molecular weight excluding hydrogens is 407 g/mol. The van der Waals surface area contributed by atoms with Gasteiger partial charge in [-0.3, -0.25) is 9.59 Å². The summed E-state index contributed by atoms with van der Waals surface area (Å²) in [7, 11) is 0. The first-order chi connectivity index (χ1) is 14.8. The number of carbonyl (C=O) groups excluding carboxylic acids is 2. The fraction of sp³-hybridized carbons (Fsp3) is 0.391. The Kier molecular flexibility index (Phi) is 7.68. The SMILES string of the molecule is O=C(NCC1CCN(CCc2ccccc2)CC1)C(=O)Nc1ccc(C(F)(F)F)cc1. The van der Waals surface area contributed by atoms with Crippen molar-refractivity contribution in [1.82, 2.24) is 10.2 Å². The van der Waals surface area contributed by atoms with Gasteiger partial charge >= 0.3 is 18.0 Å². The van der Waals surface area contributed by atoms with Crippen molar-refractivity contribution >= 4 is 17.5 Å². The lowest BCUT2D eigenvalue weighted by Crippen LogP contribution is -2.42. The van der Waals surface area contributed by atoms with Gasteiger partial charge in [-0.1, -0.05) is 30.3 Å². The van der Waals surface area contributed by atoms with Crippen LogP contribution >= 0.6 is 0 Å². The summed E-state index contributed by atoms with van der Waals surface area (Å²) >= 11 is 0. The molecule has 2 amide bonds. The molecule has 1 heterocycles. The number of anilines is 1. The molecule has 2 aromatic rings. The molecule has 1 saturated heterocycles. The van der Waals surface area contributed by atoms with E-state index in [-0.39, 0.29) is 5.69 Å². The molecule has 2 aromatic carbocycles. The Labute approximate surface area is 179 Å². The van der Waals surface area contributed by atoms with Crippen molar-refractivity contribution in [3.05, 3.63) is 65.7 Å². The quantitative estimate of drug-likeness (QED) is 0.683. The van der Waals surface area contributed by atoms with E-state index in [1.165, 1.54) is 5.56 Å². The average Bonchev–Trinajstić information content (AvgIpc) is 2.77. The molecule has 166 valence electrons. The van der Waals surface area contributed by atoms with Crippen molar-refractivity contribution in [2.75, 3.05) is 31.5 Å². The summed E-state index contributed by atoms with van der Waals surface area (Å²) < 4.78 is 37.7. The van der Waals surface area contributed by atoms with Crippen LogP contribution in [0.4, 0.5) is 18.9 Å². The van der Waals surface area contributed by atoms with Crippen molar-refractivity contribution < 1.29 is 22.8 Å². The Morgan fingerprint density at radius 3 is 2.19 bits per heavy atom.